The smallest absolute Gasteiger partial charge is 0.175 e. The van der Waals surface area contributed by atoms with E-state index >= 15 is 0 Å². The Bertz CT molecular complexity index is 1370. The molecule has 0 N–H and O–H groups in total. The first kappa shape index (κ1) is 18.7. The van der Waals surface area contributed by atoms with Gasteiger partial charge < -0.3 is 4.74 Å². The summed E-state index contributed by atoms with van der Waals surface area (Å²) in [6.45, 7) is 0. The normalized spacial score (nSPS) is 11.2. The molecule has 6 heteroatoms. The minimum absolute atomic E-state index is 0.204. The van der Waals surface area contributed by atoms with E-state index in [9.17, 15) is 13.7 Å². The molecule has 0 fully saturated rings. The van der Waals surface area contributed by atoms with Crippen LogP contribution >= 0.6 is 0 Å². The maximum absolute atomic E-state index is 11.8. The van der Waals surface area contributed by atoms with Crippen LogP contribution in [-0.2, 0) is 9.84 Å². The highest BCUT2D eigenvalue weighted by atomic mass is 32.2. The molecular formula is C23H16N2O3S. The number of nitriles is 1. The molecule has 0 unspecified atom stereocenters. The molecule has 0 amide bonds. The van der Waals surface area contributed by atoms with Gasteiger partial charge in [0, 0.05) is 17.8 Å². The van der Waals surface area contributed by atoms with Gasteiger partial charge in [0.25, 0.3) is 0 Å². The molecule has 0 saturated carbocycles. The number of sulfone groups is 1. The van der Waals surface area contributed by atoms with Gasteiger partial charge in [0.05, 0.1) is 16.0 Å². The standard InChI is InChI=1S/C23H16N2O3S/c1-29(26,27)20-9-4-8-19(14-20)28-18-7-2-5-16(13-18)21-11-12-25-23-17(15-24)6-3-10-22(21)23/h2-14H,1H3. The number of benzene rings is 3. The van der Waals surface area contributed by atoms with Gasteiger partial charge in [-0.05, 0) is 53.6 Å². The number of fused-ring (bicyclic) bond motifs is 1. The molecule has 0 saturated heterocycles. The Kier molecular flexibility index (Phi) is 4.75. The molecule has 29 heavy (non-hydrogen) atoms. The molecule has 0 aliphatic heterocycles. The molecule has 0 spiro atoms. The summed E-state index contributed by atoms with van der Waals surface area (Å²) in [5, 5.41) is 10.2. The van der Waals surface area contributed by atoms with Crippen LogP contribution in [0.2, 0.25) is 0 Å². The van der Waals surface area contributed by atoms with Crippen molar-refractivity contribution in [2.24, 2.45) is 0 Å². The molecular weight excluding hydrogens is 384 g/mol. The van der Waals surface area contributed by atoms with Crippen LogP contribution in [0.25, 0.3) is 22.0 Å². The number of rotatable bonds is 4. The summed E-state index contributed by atoms with van der Waals surface area (Å²) in [5.41, 5.74) is 3.01. The van der Waals surface area contributed by atoms with E-state index in [1.807, 2.05) is 36.4 Å². The average Bonchev–Trinajstić information content (AvgIpc) is 2.72. The second-order valence-electron chi connectivity index (χ2n) is 6.55. The molecule has 5 nitrogen and oxygen atoms in total. The average molecular weight is 400 g/mol. The van der Waals surface area contributed by atoms with E-state index in [2.05, 4.69) is 11.1 Å². The maximum atomic E-state index is 11.8. The van der Waals surface area contributed by atoms with E-state index in [0.29, 0.717) is 22.6 Å². The van der Waals surface area contributed by atoms with Crippen molar-refractivity contribution in [3.63, 3.8) is 0 Å². The van der Waals surface area contributed by atoms with Gasteiger partial charge in [-0.2, -0.15) is 5.26 Å². The summed E-state index contributed by atoms with van der Waals surface area (Å²) in [4.78, 5) is 4.55. The molecule has 1 aromatic heterocycles. The van der Waals surface area contributed by atoms with Gasteiger partial charge >= 0.3 is 0 Å². The molecule has 0 bridgehead atoms. The summed E-state index contributed by atoms with van der Waals surface area (Å²) in [7, 11) is -3.31. The zero-order valence-electron chi connectivity index (χ0n) is 15.5. The van der Waals surface area contributed by atoms with E-state index in [1.165, 1.54) is 12.1 Å². The van der Waals surface area contributed by atoms with Crippen LogP contribution < -0.4 is 4.74 Å². The van der Waals surface area contributed by atoms with Crippen molar-refractivity contribution >= 4 is 20.7 Å². The van der Waals surface area contributed by atoms with Crippen molar-refractivity contribution < 1.29 is 13.2 Å². The summed E-state index contributed by atoms with van der Waals surface area (Å²) < 4.78 is 29.4. The largest absolute Gasteiger partial charge is 0.457 e. The molecule has 0 aliphatic carbocycles. The Labute approximate surface area is 168 Å². The van der Waals surface area contributed by atoms with Crippen molar-refractivity contribution in [3.05, 3.63) is 84.6 Å². The van der Waals surface area contributed by atoms with Crippen molar-refractivity contribution in [2.45, 2.75) is 4.90 Å². The monoisotopic (exact) mass is 400 g/mol. The first-order valence-electron chi connectivity index (χ1n) is 8.82. The highest BCUT2D eigenvalue weighted by Crippen LogP contribution is 2.32. The third-order valence-electron chi connectivity index (χ3n) is 4.51. The zero-order chi connectivity index (χ0) is 20.4. The number of pyridine rings is 1. The van der Waals surface area contributed by atoms with Gasteiger partial charge in [-0.1, -0.05) is 30.3 Å². The number of hydrogen-bond acceptors (Lipinski definition) is 5. The third-order valence-corrected chi connectivity index (χ3v) is 5.62. The second kappa shape index (κ2) is 7.38. The number of aromatic nitrogens is 1. The van der Waals surface area contributed by atoms with E-state index in [-0.39, 0.29) is 4.90 Å². The molecule has 4 aromatic rings. The van der Waals surface area contributed by atoms with Gasteiger partial charge in [-0.25, -0.2) is 8.42 Å². The predicted molar refractivity (Wildman–Crippen MR) is 112 cm³/mol. The minimum Gasteiger partial charge on any atom is -0.457 e. The molecule has 0 radical (unpaired) electrons. The Morgan fingerprint density at radius 1 is 0.931 bits per heavy atom. The summed E-state index contributed by atoms with van der Waals surface area (Å²) in [5.74, 6) is 1.02. The molecule has 4 rings (SSSR count). The molecule has 0 aliphatic rings. The number of nitrogens with zero attached hydrogens (tertiary/aromatic N) is 2. The van der Waals surface area contributed by atoms with Crippen molar-refractivity contribution in [2.75, 3.05) is 6.26 Å². The molecule has 142 valence electrons. The fourth-order valence-electron chi connectivity index (χ4n) is 3.15. The van der Waals surface area contributed by atoms with Crippen molar-refractivity contribution in [1.82, 2.24) is 4.98 Å². The van der Waals surface area contributed by atoms with Crippen LogP contribution in [0.5, 0.6) is 11.5 Å². The van der Waals surface area contributed by atoms with Gasteiger partial charge in [0.15, 0.2) is 9.84 Å². The lowest BCUT2D eigenvalue weighted by Gasteiger charge is -2.11. The number of para-hydroxylation sites is 1. The first-order valence-corrected chi connectivity index (χ1v) is 10.7. The van der Waals surface area contributed by atoms with Crippen LogP contribution in [0.15, 0.2) is 83.9 Å². The lowest BCUT2D eigenvalue weighted by molar-refractivity contribution is 0.481. The molecule has 3 aromatic carbocycles. The van der Waals surface area contributed by atoms with Crippen LogP contribution in [0.3, 0.4) is 0 Å². The fourth-order valence-corrected chi connectivity index (χ4v) is 3.81. The lowest BCUT2D eigenvalue weighted by Crippen LogP contribution is -1.97. The van der Waals surface area contributed by atoms with Crippen LogP contribution in [0, 0.1) is 11.3 Å². The topological polar surface area (TPSA) is 80.1 Å². The summed E-state index contributed by atoms with van der Waals surface area (Å²) >= 11 is 0. The fraction of sp³-hybridized carbons (Fsp3) is 0.0435. The van der Waals surface area contributed by atoms with Gasteiger partial charge in [-0.3, -0.25) is 4.98 Å². The van der Waals surface area contributed by atoms with Gasteiger partial charge in [0.1, 0.15) is 17.6 Å². The van der Waals surface area contributed by atoms with Crippen LogP contribution in [0.4, 0.5) is 0 Å². The highest BCUT2D eigenvalue weighted by molar-refractivity contribution is 7.90. The molecule has 1 heterocycles. The Morgan fingerprint density at radius 2 is 1.66 bits per heavy atom. The quantitative estimate of drug-likeness (QED) is 0.483. The zero-order valence-corrected chi connectivity index (χ0v) is 16.3. The van der Waals surface area contributed by atoms with E-state index in [1.54, 1.807) is 30.5 Å². The summed E-state index contributed by atoms with van der Waals surface area (Å²) in [6.07, 6.45) is 2.85. The SMILES string of the molecule is CS(=O)(=O)c1cccc(Oc2cccc(-c3ccnc4c(C#N)cccc34)c2)c1. The Morgan fingerprint density at radius 3 is 2.41 bits per heavy atom. The minimum atomic E-state index is -3.31. The van der Waals surface area contributed by atoms with Crippen molar-refractivity contribution in [3.8, 4) is 28.7 Å². The van der Waals surface area contributed by atoms with E-state index < -0.39 is 9.84 Å². The van der Waals surface area contributed by atoms with Crippen LogP contribution in [-0.4, -0.2) is 19.7 Å². The van der Waals surface area contributed by atoms with Crippen molar-refractivity contribution in [1.29, 1.82) is 5.26 Å². The Hall–Kier alpha value is -3.69. The highest BCUT2D eigenvalue weighted by Gasteiger charge is 2.11. The second-order valence-corrected chi connectivity index (χ2v) is 8.56. The van der Waals surface area contributed by atoms with Gasteiger partial charge in [0.2, 0.25) is 0 Å². The maximum Gasteiger partial charge on any atom is 0.175 e. The van der Waals surface area contributed by atoms with Crippen LogP contribution in [0.1, 0.15) is 5.56 Å². The first-order chi connectivity index (χ1) is 14.0. The van der Waals surface area contributed by atoms with E-state index in [4.69, 9.17) is 4.74 Å². The van der Waals surface area contributed by atoms with E-state index in [0.717, 1.165) is 22.8 Å². The third kappa shape index (κ3) is 3.82. The Balaban J connectivity index is 1.74. The number of hydrogen-bond donors (Lipinski definition) is 0. The lowest BCUT2D eigenvalue weighted by atomic mass is 9.99. The molecule has 0 atom stereocenters. The predicted octanol–water partition coefficient (Wildman–Crippen LogP) is 4.97. The van der Waals surface area contributed by atoms with Gasteiger partial charge in [-0.15, -0.1) is 0 Å². The summed E-state index contributed by atoms with van der Waals surface area (Å²) in [6, 6.07) is 23.5. The number of ether oxygens (including phenoxy) is 1.